The third-order valence-electron chi connectivity index (χ3n) is 4.11. The summed E-state index contributed by atoms with van der Waals surface area (Å²) < 4.78 is 40.4. The van der Waals surface area contributed by atoms with Crippen LogP contribution in [0.25, 0.3) is 0 Å². The minimum absolute atomic E-state index is 0. The molecule has 1 aliphatic heterocycles. The standard InChI is InChI=1S/C18H26F2N4O4.HI/c1-4-11(2)24-16(25)5-6-22-18(21-3)23-9-12-7-14-15(27-10-26-14)8-13(12)28-17(19)20;/h7-8,11,17H,4-6,9-10H2,1-3H3,(H,24,25)(H2,21,22,23);1H. The van der Waals surface area contributed by atoms with E-state index in [1.54, 1.807) is 13.1 Å². The number of carbonyl (C=O) groups excluding carboxylic acids is 1. The van der Waals surface area contributed by atoms with Gasteiger partial charge in [0.1, 0.15) is 5.75 Å². The van der Waals surface area contributed by atoms with E-state index in [-0.39, 0.29) is 61.4 Å². The second kappa shape index (κ2) is 12.5. The molecule has 0 aliphatic carbocycles. The summed E-state index contributed by atoms with van der Waals surface area (Å²) in [5.41, 5.74) is 0.460. The maximum absolute atomic E-state index is 12.7. The number of rotatable bonds is 9. The molecule has 0 bridgehead atoms. The van der Waals surface area contributed by atoms with Gasteiger partial charge in [-0.1, -0.05) is 6.92 Å². The fourth-order valence-corrected chi connectivity index (χ4v) is 2.45. The van der Waals surface area contributed by atoms with Crippen LogP contribution in [0.4, 0.5) is 8.78 Å². The number of hydrogen-bond donors (Lipinski definition) is 3. The zero-order valence-corrected chi connectivity index (χ0v) is 18.9. The lowest BCUT2D eigenvalue weighted by Crippen LogP contribution is -2.40. The maximum Gasteiger partial charge on any atom is 0.387 e. The Bertz CT molecular complexity index is 707. The summed E-state index contributed by atoms with van der Waals surface area (Å²) in [6, 6.07) is 3.09. The second-order valence-electron chi connectivity index (χ2n) is 6.17. The van der Waals surface area contributed by atoms with Crippen molar-refractivity contribution in [3.8, 4) is 17.2 Å². The van der Waals surface area contributed by atoms with Gasteiger partial charge in [0.25, 0.3) is 0 Å². The van der Waals surface area contributed by atoms with Crippen molar-refractivity contribution in [3.05, 3.63) is 17.7 Å². The largest absolute Gasteiger partial charge is 0.454 e. The van der Waals surface area contributed by atoms with E-state index in [4.69, 9.17) is 9.47 Å². The van der Waals surface area contributed by atoms with Gasteiger partial charge in [0.15, 0.2) is 17.5 Å². The number of alkyl halides is 2. The summed E-state index contributed by atoms with van der Waals surface area (Å²) in [5, 5.41) is 8.89. The molecule has 1 amide bonds. The molecule has 0 saturated heterocycles. The molecule has 0 aromatic heterocycles. The highest BCUT2D eigenvalue weighted by molar-refractivity contribution is 14.0. The Balaban J connectivity index is 0.00000420. The normalized spacial score (nSPS) is 13.5. The van der Waals surface area contributed by atoms with E-state index in [1.165, 1.54) is 6.07 Å². The molecule has 0 fully saturated rings. The van der Waals surface area contributed by atoms with Crippen molar-refractivity contribution < 1.29 is 27.8 Å². The molecule has 1 aromatic carbocycles. The molecule has 1 aliphatic rings. The Hall–Kier alpha value is -2.05. The average molecular weight is 528 g/mol. The molecule has 1 aromatic rings. The number of carbonyl (C=O) groups is 1. The van der Waals surface area contributed by atoms with Crippen molar-refractivity contribution in [2.75, 3.05) is 20.4 Å². The Morgan fingerprint density at radius 2 is 1.97 bits per heavy atom. The first kappa shape index (κ1) is 25.0. The first-order valence-corrected chi connectivity index (χ1v) is 9.04. The third-order valence-corrected chi connectivity index (χ3v) is 4.11. The fourth-order valence-electron chi connectivity index (χ4n) is 2.45. The fraction of sp³-hybridized carbons (Fsp3) is 0.556. The summed E-state index contributed by atoms with van der Waals surface area (Å²) >= 11 is 0. The van der Waals surface area contributed by atoms with E-state index in [2.05, 4.69) is 25.7 Å². The highest BCUT2D eigenvalue weighted by atomic mass is 127. The van der Waals surface area contributed by atoms with Crippen LogP contribution >= 0.6 is 24.0 Å². The number of guanidine groups is 1. The summed E-state index contributed by atoms with van der Waals surface area (Å²) in [5.74, 6) is 1.19. The van der Waals surface area contributed by atoms with E-state index in [9.17, 15) is 13.6 Å². The molecule has 3 N–H and O–H groups in total. The van der Waals surface area contributed by atoms with Gasteiger partial charge in [-0.25, -0.2) is 0 Å². The van der Waals surface area contributed by atoms with Crippen molar-refractivity contribution in [2.45, 2.75) is 45.9 Å². The van der Waals surface area contributed by atoms with Gasteiger partial charge < -0.3 is 30.2 Å². The summed E-state index contributed by atoms with van der Waals surface area (Å²) in [6.07, 6.45) is 1.15. The quantitative estimate of drug-likeness (QED) is 0.259. The molecule has 1 atom stereocenters. The zero-order valence-electron chi connectivity index (χ0n) is 16.6. The number of halogens is 3. The monoisotopic (exact) mass is 528 g/mol. The summed E-state index contributed by atoms with van der Waals surface area (Å²) in [6.45, 7) is 1.55. The first-order chi connectivity index (χ1) is 13.4. The van der Waals surface area contributed by atoms with Crippen LogP contribution in [-0.2, 0) is 11.3 Å². The SMILES string of the molecule is CCC(C)NC(=O)CCNC(=NC)NCc1cc2c(cc1OC(F)F)OCO2.I. The van der Waals surface area contributed by atoms with Crippen LogP contribution in [0, 0.1) is 0 Å². The van der Waals surface area contributed by atoms with Gasteiger partial charge in [-0.2, -0.15) is 8.78 Å². The number of nitrogens with one attached hydrogen (secondary N) is 3. The van der Waals surface area contributed by atoms with Crippen molar-refractivity contribution in [1.29, 1.82) is 0 Å². The van der Waals surface area contributed by atoms with Gasteiger partial charge >= 0.3 is 6.61 Å². The number of ether oxygens (including phenoxy) is 3. The lowest BCUT2D eigenvalue weighted by Gasteiger charge is -2.16. The van der Waals surface area contributed by atoms with E-state index in [0.29, 0.717) is 29.6 Å². The topological polar surface area (TPSA) is 93.2 Å². The molecule has 11 heteroatoms. The molecule has 0 spiro atoms. The van der Waals surface area contributed by atoms with Crippen LogP contribution in [0.15, 0.2) is 17.1 Å². The van der Waals surface area contributed by atoms with Gasteiger partial charge in [0.05, 0.1) is 0 Å². The number of amides is 1. The van der Waals surface area contributed by atoms with Crippen LogP contribution in [0.5, 0.6) is 17.2 Å². The van der Waals surface area contributed by atoms with Crippen LogP contribution in [0.1, 0.15) is 32.3 Å². The van der Waals surface area contributed by atoms with Gasteiger partial charge in [-0.15, -0.1) is 24.0 Å². The lowest BCUT2D eigenvalue weighted by atomic mass is 10.1. The Morgan fingerprint density at radius 1 is 1.28 bits per heavy atom. The van der Waals surface area contributed by atoms with Crippen molar-refractivity contribution in [3.63, 3.8) is 0 Å². The molecular formula is C18H27F2IN4O4. The Morgan fingerprint density at radius 3 is 2.59 bits per heavy atom. The molecule has 8 nitrogen and oxygen atoms in total. The average Bonchev–Trinajstić information content (AvgIpc) is 3.10. The maximum atomic E-state index is 12.7. The van der Waals surface area contributed by atoms with Crippen molar-refractivity contribution in [1.82, 2.24) is 16.0 Å². The van der Waals surface area contributed by atoms with E-state index in [1.807, 2.05) is 13.8 Å². The van der Waals surface area contributed by atoms with Gasteiger partial charge in [-0.05, 0) is 19.4 Å². The number of benzene rings is 1. The molecule has 0 radical (unpaired) electrons. The minimum Gasteiger partial charge on any atom is -0.454 e. The molecule has 2 rings (SSSR count). The van der Waals surface area contributed by atoms with Crippen molar-refractivity contribution in [2.24, 2.45) is 4.99 Å². The molecule has 164 valence electrons. The molecule has 29 heavy (non-hydrogen) atoms. The second-order valence-corrected chi connectivity index (χ2v) is 6.17. The number of hydrogen-bond acceptors (Lipinski definition) is 5. The molecular weight excluding hydrogens is 501 g/mol. The number of nitrogens with zero attached hydrogens (tertiary/aromatic N) is 1. The van der Waals surface area contributed by atoms with Gasteiger partial charge in [-0.3, -0.25) is 9.79 Å². The minimum atomic E-state index is -2.96. The number of aliphatic imine (C=N–C) groups is 1. The third kappa shape index (κ3) is 8.07. The highest BCUT2D eigenvalue weighted by Gasteiger charge is 2.20. The van der Waals surface area contributed by atoms with Crippen LogP contribution < -0.4 is 30.2 Å². The van der Waals surface area contributed by atoms with Gasteiger partial charge in [0, 0.05) is 44.2 Å². The molecule has 0 saturated carbocycles. The van der Waals surface area contributed by atoms with E-state index >= 15 is 0 Å². The van der Waals surface area contributed by atoms with Gasteiger partial charge in [0.2, 0.25) is 12.7 Å². The summed E-state index contributed by atoms with van der Waals surface area (Å²) in [4.78, 5) is 15.9. The van der Waals surface area contributed by atoms with E-state index in [0.717, 1.165) is 6.42 Å². The van der Waals surface area contributed by atoms with Crippen LogP contribution in [-0.4, -0.2) is 44.9 Å². The zero-order chi connectivity index (χ0) is 20.5. The molecule has 1 unspecified atom stereocenters. The number of fused-ring (bicyclic) bond motifs is 1. The highest BCUT2D eigenvalue weighted by Crippen LogP contribution is 2.38. The predicted octanol–water partition coefficient (Wildman–Crippen LogP) is 2.60. The van der Waals surface area contributed by atoms with Crippen LogP contribution in [0.3, 0.4) is 0 Å². The van der Waals surface area contributed by atoms with Crippen LogP contribution in [0.2, 0.25) is 0 Å². The predicted molar refractivity (Wildman–Crippen MR) is 115 cm³/mol. The van der Waals surface area contributed by atoms with Crippen molar-refractivity contribution >= 4 is 35.8 Å². The summed E-state index contributed by atoms with van der Waals surface area (Å²) in [7, 11) is 1.57. The molecule has 1 heterocycles. The lowest BCUT2D eigenvalue weighted by molar-refractivity contribution is -0.121. The first-order valence-electron chi connectivity index (χ1n) is 9.04. The Kier molecular flexibility index (Phi) is 10.8. The Labute approximate surface area is 185 Å². The van der Waals surface area contributed by atoms with E-state index < -0.39 is 6.61 Å². The smallest absolute Gasteiger partial charge is 0.387 e.